The Balaban J connectivity index is 2.15. The van der Waals surface area contributed by atoms with Gasteiger partial charge >= 0.3 is 0 Å². The molecule has 0 radical (unpaired) electrons. The predicted octanol–water partition coefficient (Wildman–Crippen LogP) is 4.30. The number of halogens is 2. The van der Waals surface area contributed by atoms with Crippen molar-refractivity contribution in [1.82, 2.24) is 0 Å². The molecule has 4 nitrogen and oxygen atoms in total. The Morgan fingerprint density at radius 3 is 2.61 bits per heavy atom. The molecule has 120 valence electrons. The Morgan fingerprint density at radius 1 is 1.17 bits per heavy atom. The maximum absolute atomic E-state index is 13.0. The van der Waals surface area contributed by atoms with Crippen molar-refractivity contribution in [3.05, 3.63) is 65.1 Å². The average molecular weight is 336 g/mol. The van der Waals surface area contributed by atoms with Gasteiger partial charge in [0.2, 0.25) is 0 Å². The number of benzene rings is 2. The summed E-state index contributed by atoms with van der Waals surface area (Å²) < 4.78 is 23.2. The second kappa shape index (κ2) is 7.65. The number of rotatable bonds is 6. The molecule has 0 unspecified atom stereocenters. The summed E-state index contributed by atoms with van der Waals surface area (Å²) in [6, 6.07) is 8.90. The van der Waals surface area contributed by atoms with E-state index in [0.717, 1.165) is 0 Å². The van der Waals surface area contributed by atoms with Gasteiger partial charge in [-0.3, -0.25) is 4.79 Å². The van der Waals surface area contributed by atoms with Gasteiger partial charge in [0.15, 0.2) is 5.78 Å². The van der Waals surface area contributed by atoms with Gasteiger partial charge < -0.3 is 14.8 Å². The predicted molar refractivity (Wildman–Crippen MR) is 88.0 cm³/mol. The number of allylic oxidation sites excluding steroid dienone is 1. The van der Waals surface area contributed by atoms with Crippen molar-refractivity contribution in [2.24, 2.45) is 0 Å². The van der Waals surface area contributed by atoms with E-state index in [9.17, 15) is 9.18 Å². The molecule has 23 heavy (non-hydrogen) atoms. The minimum Gasteiger partial charge on any atom is -0.497 e. The largest absolute Gasteiger partial charge is 0.497 e. The van der Waals surface area contributed by atoms with Gasteiger partial charge in [-0.05, 0) is 36.4 Å². The Labute approximate surface area is 138 Å². The molecule has 0 saturated carbocycles. The van der Waals surface area contributed by atoms with Crippen LogP contribution >= 0.6 is 11.6 Å². The highest BCUT2D eigenvalue weighted by molar-refractivity contribution is 6.33. The third kappa shape index (κ3) is 4.23. The van der Waals surface area contributed by atoms with E-state index in [2.05, 4.69) is 5.32 Å². The van der Waals surface area contributed by atoms with Crippen LogP contribution in [-0.4, -0.2) is 20.0 Å². The second-order valence-electron chi connectivity index (χ2n) is 4.53. The Kier molecular flexibility index (Phi) is 5.60. The number of carbonyl (C=O) groups excluding carboxylic acids is 1. The van der Waals surface area contributed by atoms with Crippen molar-refractivity contribution in [3.63, 3.8) is 0 Å². The van der Waals surface area contributed by atoms with Crippen LogP contribution in [0.4, 0.5) is 10.1 Å². The number of anilines is 1. The van der Waals surface area contributed by atoms with Crippen LogP contribution in [-0.2, 0) is 0 Å². The van der Waals surface area contributed by atoms with Crippen molar-refractivity contribution in [1.29, 1.82) is 0 Å². The highest BCUT2D eigenvalue weighted by atomic mass is 35.5. The average Bonchev–Trinajstić information content (AvgIpc) is 2.56. The van der Waals surface area contributed by atoms with E-state index in [4.69, 9.17) is 21.1 Å². The second-order valence-corrected chi connectivity index (χ2v) is 4.94. The van der Waals surface area contributed by atoms with Gasteiger partial charge in [-0.25, -0.2) is 4.39 Å². The van der Waals surface area contributed by atoms with Crippen molar-refractivity contribution < 1.29 is 18.7 Å². The van der Waals surface area contributed by atoms with Gasteiger partial charge in [-0.1, -0.05) is 11.6 Å². The van der Waals surface area contributed by atoms with Crippen LogP contribution in [0.1, 0.15) is 10.4 Å². The lowest BCUT2D eigenvalue weighted by Gasteiger charge is -2.08. The molecule has 6 heteroatoms. The first-order valence-electron chi connectivity index (χ1n) is 6.69. The number of hydrogen-bond donors (Lipinski definition) is 1. The number of hydrogen-bond acceptors (Lipinski definition) is 4. The summed E-state index contributed by atoms with van der Waals surface area (Å²) >= 11 is 5.89. The standard InChI is InChI=1S/C17H15ClFNO3/c1-22-12-4-6-17(23-2)13(10-12)16(21)7-8-20-15-5-3-11(19)9-14(15)18/h3-10,20H,1-2H3. The quantitative estimate of drug-likeness (QED) is 0.631. The van der Waals surface area contributed by atoms with Crippen LogP contribution in [0.3, 0.4) is 0 Å². The normalized spacial score (nSPS) is 10.6. The SMILES string of the molecule is COc1ccc(OC)c(C(=O)C=CNc2ccc(F)cc2Cl)c1. The minimum atomic E-state index is -0.429. The molecule has 0 aliphatic heterocycles. The fourth-order valence-corrected chi connectivity index (χ4v) is 2.13. The van der Waals surface area contributed by atoms with E-state index >= 15 is 0 Å². The first-order valence-corrected chi connectivity index (χ1v) is 7.07. The molecule has 2 aromatic carbocycles. The van der Waals surface area contributed by atoms with E-state index in [1.807, 2.05) is 0 Å². The molecule has 0 fully saturated rings. The van der Waals surface area contributed by atoms with Crippen LogP contribution in [0.2, 0.25) is 5.02 Å². The van der Waals surface area contributed by atoms with Crippen LogP contribution in [0, 0.1) is 5.82 Å². The molecule has 0 spiro atoms. The van der Waals surface area contributed by atoms with E-state index in [1.54, 1.807) is 18.2 Å². The molecule has 0 atom stereocenters. The summed E-state index contributed by atoms with van der Waals surface area (Å²) in [4.78, 5) is 12.3. The fourth-order valence-electron chi connectivity index (χ4n) is 1.91. The summed E-state index contributed by atoms with van der Waals surface area (Å²) in [5.74, 6) is 0.297. The molecule has 2 aromatic rings. The third-order valence-corrected chi connectivity index (χ3v) is 3.39. The summed E-state index contributed by atoms with van der Waals surface area (Å²) in [5, 5.41) is 3.06. The molecular formula is C17H15ClFNO3. The minimum absolute atomic E-state index is 0.223. The topological polar surface area (TPSA) is 47.6 Å². The van der Waals surface area contributed by atoms with E-state index in [-0.39, 0.29) is 10.8 Å². The zero-order valence-corrected chi connectivity index (χ0v) is 13.4. The summed E-state index contributed by atoms with van der Waals surface area (Å²) in [6.45, 7) is 0. The number of ketones is 1. The maximum Gasteiger partial charge on any atom is 0.191 e. The monoisotopic (exact) mass is 335 g/mol. The highest BCUT2D eigenvalue weighted by Crippen LogP contribution is 2.25. The first-order chi connectivity index (χ1) is 11.0. The van der Waals surface area contributed by atoms with Gasteiger partial charge in [-0.15, -0.1) is 0 Å². The van der Waals surface area contributed by atoms with Crippen molar-refractivity contribution >= 4 is 23.1 Å². The van der Waals surface area contributed by atoms with Crippen LogP contribution in [0.5, 0.6) is 11.5 Å². The van der Waals surface area contributed by atoms with Gasteiger partial charge in [0.05, 0.1) is 30.5 Å². The lowest BCUT2D eigenvalue weighted by Crippen LogP contribution is -2.01. The van der Waals surface area contributed by atoms with E-state index < -0.39 is 5.82 Å². The molecule has 2 rings (SSSR count). The number of ether oxygens (including phenoxy) is 2. The van der Waals surface area contributed by atoms with Crippen molar-refractivity contribution in [2.45, 2.75) is 0 Å². The van der Waals surface area contributed by atoms with Gasteiger partial charge in [0.1, 0.15) is 17.3 Å². The van der Waals surface area contributed by atoms with Gasteiger partial charge in [0.25, 0.3) is 0 Å². The van der Waals surface area contributed by atoms with Crippen LogP contribution in [0.25, 0.3) is 0 Å². The summed E-state index contributed by atoms with van der Waals surface area (Å²) in [6.07, 6.45) is 2.76. The smallest absolute Gasteiger partial charge is 0.191 e. The molecule has 0 aliphatic rings. The molecule has 0 amide bonds. The van der Waals surface area contributed by atoms with E-state index in [1.165, 1.54) is 44.7 Å². The molecule has 0 aliphatic carbocycles. The van der Waals surface area contributed by atoms with Crippen molar-refractivity contribution in [2.75, 3.05) is 19.5 Å². The zero-order chi connectivity index (χ0) is 16.8. The summed E-state index contributed by atoms with van der Waals surface area (Å²) in [5.41, 5.74) is 0.866. The lowest BCUT2D eigenvalue weighted by molar-refractivity contribution is 0.104. The Bertz CT molecular complexity index is 747. The fraction of sp³-hybridized carbons (Fsp3) is 0.118. The number of carbonyl (C=O) groups is 1. The molecule has 0 heterocycles. The van der Waals surface area contributed by atoms with Crippen molar-refractivity contribution in [3.8, 4) is 11.5 Å². The zero-order valence-electron chi connectivity index (χ0n) is 12.6. The first kappa shape index (κ1) is 16.8. The Hall–Kier alpha value is -2.53. The Morgan fingerprint density at radius 2 is 1.96 bits per heavy atom. The van der Waals surface area contributed by atoms with Crippen LogP contribution in [0.15, 0.2) is 48.7 Å². The van der Waals surface area contributed by atoms with Gasteiger partial charge in [0, 0.05) is 12.3 Å². The summed E-state index contributed by atoms with van der Waals surface area (Å²) in [7, 11) is 3.00. The number of nitrogens with one attached hydrogen (secondary N) is 1. The molecular weight excluding hydrogens is 321 g/mol. The van der Waals surface area contributed by atoms with Crippen LogP contribution < -0.4 is 14.8 Å². The van der Waals surface area contributed by atoms with E-state index in [0.29, 0.717) is 22.7 Å². The lowest BCUT2D eigenvalue weighted by atomic mass is 10.1. The molecule has 0 bridgehead atoms. The molecule has 0 saturated heterocycles. The molecule has 0 aromatic heterocycles. The maximum atomic E-state index is 13.0. The number of methoxy groups -OCH3 is 2. The molecule has 1 N–H and O–H groups in total. The third-order valence-electron chi connectivity index (χ3n) is 3.08. The highest BCUT2D eigenvalue weighted by Gasteiger charge is 2.11. The van der Waals surface area contributed by atoms with Gasteiger partial charge in [-0.2, -0.15) is 0 Å².